The minimum absolute atomic E-state index is 0.191. The van der Waals surface area contributed by atoms with Crippen LogP contribution >= 0.6 is 23.8 Å². The molecule has 1 heterocycles. The van der Waals surface area contributed by atoms with E-state index in [0.717, 1.165) is 18.5 Å². The Kier molecular flexibility index (Phi) is 6.90. The van der Waals surface area contributed by atoms with Gasteiger partial charge < -0.3 is 9.88 Å². The van der Waals surface area contributed by atoms with Crippen molar-refractivity contribution in [3.8, 4) is 0 Å². The van der Waals surface area contributed by atoms with Gasteiger partial charge >= 0.3 is 0 Å². The third-order valence-electron chi connectivity index (χ3n) is 3.48. The average molecular weight is 365 g/mol. The van der Waals surface area contributed by atoms with Gasteiger partial charge in [0.2, 0.25) is 0 Å². The number of aromatic nitrogens is 2. The molecule has 0 amide bonds. The number of halogens is 1. The molecule has 5 nitrogen and oxygen atoms in total. The monoisotopic (exact) mass is 364 g/mol. The molecule has 0 atom stereocenters. The normalized spacial score (nSPS) is 11.5. The first-order valence-corrected chi connectivity index (χ1v) is 8.49. The minimum atomic E-state index is -0.191. The number of nitrogens with zero attached hydrogens (tertiary/aromatic N) is 2. The lowest BCUT2D eigenvalue weighted by molar-refractivity contribution is 0.403. The van der Waals surface area contributed by atoms with E-state index in [4.69, 9.17) is 23.8 Å². The molecule has 128 valence electrons. The zero-order valence-electron chi connectivity index (χ0n) is 13.8. The number of nitrogens with one attached hydrogen (secondary N) is 2. The maximum absolute atomic E-state index is 12.3. The van der Waals surface area contributed by atoms with Gasteiger partial charge in [0, 0.05) is 29.8 Å². The molecule has 0 aliphatic carbocycles. The van der Waals surface area contributed by atoms with E-state index >= 15 is 0 Å². The summed E-state index contributed by atoms with van der Waals surface area (Å²) in [5.74, 6) is 0. The van der Waals surface area contributed by atoms with Crippen molar-refractivity contribution in [3.05, 3.63) is 61.2 Å². The first kappa shape index (κ1) is 18.6. The molecular weight excluding hydrogens is 344 g/mol. The van der Waals surface area contributed by atoms with Crippen molar-refractivity contribution in [1.82, 2.24) is 14.9 Å². The third kappa shape index (κ3) is 5.70. The molecule has 1 aromatic heterocycles. The van der Waals surface area contributed by atoms with E-state index in [1.54, 1.807) is 6.21 Å². The summed E-state index contributed by atoms with van der Waals surface area (Å²) in [6, 6.07) is 7.43. The van der Waals surface area contributed by atoms with Crippen molar-refractivity contribution >= 4 is 30.0 Å². The summed E-state index contributed by atoms with van der Waals surface area (Å²) in [5, 5.41) is 0.669. The Morgan fingerprint density at radius 2 is 1.96 bits per heavy atom. The van der Waals surface area contributed by atoms with Crippen molar-refractivity contribution in [2.24, 2.45) is 4.99 Å². The number of benzene rings is 1. The SMILES string of the molecule is CN(C)CCCN=Cc1[nH]c(=S)[nH]c(=O)c1Cc1ccc(Cl)cc1. The van der Waals surface area contributed by atoms with E-state index in [2.05, 4.69) is 19.9 Å². The van der Waals surface area contributed by atoms with Crippen LogP contribution in [0.15, 0.2) is 34.1 Å². The fourth-order valence-electron chi connectivity index (χ4n) is 2.26. The quantitative estimate of drug-likeness (QED) is 0.451. The fraction of sp³-hybridized carbons (Fsp3) is 0.353. The number of hydrogen-bond acceptors (Lipinski definition) is 4. The van der Waals surface area contributed by atoms with Gasteiger partial charge in [-0.2, -0.15) is 0 Å². The Morgan fingerprint density at radius 3 is 2.62 bits per heavy atom. The van der Waals surface area contributed by atoms with Crippen LogP contribution < -0.4 is 5.56 Å². The molecule has 0 bridgehead atoms. The molecule has 0 saturated carbocycles. The number of rotatable bonds is 7. The van der Waals surface area contributed by atoms with Crippen LogP contribution in [0, 0.1) is 4.77 Å². The van der Waals surface area contributed by atoms with Gasteiger partial charge in [0.25, 0.3) is 5.56 Å². The maximum Gasteiger partial charge on any atom is 0.255 e. The minimum Gasteiger partial charge on any atom is -0.331 e. The lowest BCUT2D eigenvalue weighted by atomic mass is 10.1. The van der Waals surface area contributed by atoms with Crippen LogP contribution in [0.5, 0.6) is 0 Å². The highest BCUT2D eigenvalue weighted by Gasteiger charge is 2.08. The van der Waals surface area contributed by atoms with Crippen molar-refractivity contribution < 1.29 is 0 Å². The van der Waals surface area contributed by atoms with Gasteiger partial charge in [-0.05, 0) is 57.0 Å². The summed E-state index contributed by atoms with van der Waals surface area (Å²) < 4.78 is 0.301. The predicted octanol–water partition coefficient (Wildman–Crippen LogP) is 3.05. The Labute approximate surface area is 151 Å². The van der Waals surface area contributed by atoms with Gasteiger partial charge in [-0.1, -0.05) is 23.7 Å². The molecule has 0 radical (unpaired) electrons. The molecule has 0 spiro atoms. The lowest BCUT2D eigenvalue weighted by Gasteiger charge is -2.07. The number of aliphatic imine (C=N–C) groups is 1. The highest BCUT2D eigenvalue weighted by molar-refractivity contribution is 7.71. The summed E-state index contributed by atoms with van der Waals surface area (Å²) in [5.41, 5.74) is 2.08. The summed E-state index contributed by atoms with van der Waals surface area (Å²) in [6.07, 6.45) is 3.14. The maximum atomic E-state index is 12.3. The number of hydrogen-bond donors (Lipinski definition) is 2. The molecule has 1 aromatic carbocycles. The molecule has 2 rings (SSSR count). The van der Waals surface area contributed by atoms with E-state index < -0.39 is 0 Å². The van der Waals surface area contributed by atoms with Crippen molar-refractivity contribution in [3.63, 3.8) is 0 Å². The highest BCUT2D eigenvalue weighted by atomic mass is 35.5. The second-order valence-electron chi connectivity index (χ2n) is 5.80. The molecule has 0 saturated heterocycles. The van der Waals surface area contributed by atoms with Crippen LogP contribution in [0.1, 0.15) is 23.2 Å². The summed E-state index contributed by atoms with van der Waals surface area (Å²) in [6.45, 7) is 1.67. The van der Waals surface area contributed by atoms with Crippen LogP contribution in [0.4, 0.5) is 0 Å². The number of aromatic amines is 2. The molecule has 0 aliphatic rings. The molecule has 2 aromatic rings. The molecule has 0 fully saturated rings. The Morgan fingerprint density at radius 1 is 1.25 bits per heavy atom. The fourth-order valence-corrected chi connectivity index (χ4v) is 2.58. The Hall–Kier alpha value is -1.76. The second kappa shape index (κ2) is 8.92. The lowest BCUT2D eigenvalue weighted by Crippen LogP contribution is -2.18. The standard InChI is InChI=1S/C17H21ClN4OS/c1-22(2)9-3-8-19-11-15-14(16(23)21-17(24)20-15)10-12-4-6-13(18)7-5-12/h4-7,11H,3,8-10H2,1-2H3,(H2,20,21,23,24). The van der Waals surface area contributed by atoms with Crippen LogP contribution in [0.3, 0.4) is 0 Å². The smallest absolute Gasteiger partial charge is 0.255 e. The van der Waals surface area contributed by atoms with Crippen LogP contribution in [0.2, 0.25) is 5.02 Å². The van der Waals surface area contributed by atoms with Crippen molar-refractivity contribution in [1.29, 1.82) is 0 Å². The van der Waals surface area contributed by atoms with E-state index in [0.29, 0.717) is 34.0 Å². The number of H-pyrrole nitrogens is 2. The van der Waals surface area contributed by atoms with Gasteiger partial charge in [0.15, 0.2) is 4.77 Å². The molecule has 24 heavy (non-hydrogen) atoms. The molecular formula is C17H21ClN4OS. The average Bonchev–Trinajstić information content (AvgIpc) is 2.51. The zero-order chi connectivity index (χ0) is 17.5. The predicted molar refractivity (Wildman–Crippen MR) is 102 cm³/mol. The summed E-state index contributed by atoms with van der Waals surface area (Å²) in [4.78, 5) is 24.5. The molecule has 0 unspecified atom stereocenters. The van der Waals surface area contributed by atoms with E-state index in [-0.39, 0.29) is 5.56 Å². The topological polar surface area (TPSA) is 64.2 Å². The molecule has 2 N–H and O–H groups in total. The first-order chi connectivity index (χ1) is 11.5. The van der Waals surface area contributed by atoms with E-state index in [9.17, 15) is 4.79 Å². The second-order valence-corrected chi connectivity index (χ2v) is 6.64. The Balaban J connectivity index is 2.20. The van der Waals surface area contributed by atoms with Gasteiger partial charge in [0.1, 0.15) is 0 Å². The Bertz CT molecular complexity index is 809. The van der Waals surface area contributed by atoms with Crippen LogP contribution in [-0.2, 0) is 6.42 Å². The summed E-state index contributed by atoms with van der Waals surface area (Å²) in [7, 11) is 4.06. The van der Waals surface area contributed by atoms with Gasteiger partial charge in [-0.25, -0.2) is 0 Å². The zero-order valence-corrected chi connectivity index (χ0v) is 15.4. The summed E-state index contributed by atoms with van der Waals surface area (Å²) >= 11 is 11.0. The van der Waals surface area contributed by atoms with Crippen molar-refractivity contribution in [2.75, 3.05) is 27.2 Å². The largest absolute Gasteiger partial charge is 0.331 e. The molecule has 7 heteroatoms. The van der Waals surface area contributed by atoms with Crippen molar-refractivity contribution in [2.45, 2.75) is 12.8 Å². The van der Waals surface area contributed by atoms with Gasteiger partial charge in [0.05, 0.1) is 5.69 Å². The highest BCUT2D eigenvalue weighted by Crippen LogP contribution is 2.13. The van der Waals surface area contributed by atoms with Crippen LogP contribution in [0.25, 0.3) is 0 Å². The van der Waals surface area contributed by atoms with Gasteiger partial charge in [-0.3, -0.25) is 14.8 Å². The first-order valence-electron chi connectivity index (χ1n) is 7.70. The van der Waals surface area contributed by atoms with Crippen LogP contribution in [-0.4, -0.2) is 48.3 Å². The van der Waals surface area contributed by atoms with E-state index in [1.807, 2.05) is 38.4 Å². The van der Waals surface area contributed by atoms with E-state index in [1.165, 1.54) is 0 Å². The molecule has 0 aliphatic heterocycles. The third-order valence-corrected chi connectivity index (χ3v) is 3.94. The van der Waals surface area contributed by atoms with Gasteiger partial charge in [-0.15, -0.1) is 0 Å².